The van der Waals surface area contributed by atoms with Crippen LogP contribution in [0.4, 0.5) is 0 Å². The normalized spacial score (nSPS) is 30.3. The van der Waals surface area contributed by atoms with Gasteiger partial charge in [-0.05, 0) is 6.42 Å². The van der Waals surface area contributed by atoms with Gasteiger partial charge in [0.15, 0.2) is 0 Å². The summed E-state index contributed by atoms with van der Waals surface area (Å²) in [7, 11) is 0. The Hall–Kier alpha value is -0.320. The molecule has 0 radical (unpaired) electrons. The van der Waals surface area contributed by atoms with Crippen LogP contribution < -0.4 is 0 Å². The zero-order chi connectivity index (χ0) is 14.5. The maximum atomic E-state index is 9.23. The minimum atomic E-state index is -0.674. The van der Waals surface area contributed by atoms with Crippen LogP contribution >= 0.6 is 0 Å². The molecule has 0 unspecified atom stereocenters. The van der Waals surface area contributed by atoms with E-state index in [-0.39, 0.29) is 40.0 Å². The lowest BCUT2D eigenvalue weighted by molar-refractivity contribution is -0.150. The molecule has 0 aliphatic carbocycles. The predicted molar refractivity (Wildman–Crippen MR) is 66.9 cm³/mol. The second-order valence-electron chi connectivity index (χ2n) is 4.31. The molecule has 120 valence electrons. The Morgan fingerprint density at radius 3 is 1.15 bits per heavy atom. The van der Waals surface area contributed by atoms with Gasteiger partial charge in [-0.2, -0.15) is 0 Å². The van der Waals surface area contributed by atoms with Crippen molar-refractivity contribution in [2.24, 2.45) is 0 Å². The van der Waals surface area contributed by atoms with Gasteiger partial charge in [-0.3, -0.25) is 0 Å². The molecule has 0 amide bonds. The number of hydrogen-bond donors (Lipinski definition) is 2. The molecular weight excluding hydrogens is 272 g/mol. The van der Waals surface area contributed by atoms with E-state index in [0.29, 0.717) is 6.79 Å². The van der Waals surface area contributed by atoms with Crippen molar-refractivity contribution >= 4 is 0 Å². The van der Waals surface area contributed by atoms with Gasteiger partial charge in [0.05, 0.1) is 39.6 Å². The summed E-state index contributed by atoms with van der Waals surface area (Å²) in [4.78, 5) is 0. The van der Waals surface area contributed by atoms with E-state index in [0.717, 1.165) is 19.6 Å². The van der Waals surface area contributed by atoms with Crippen molar-refractivity contribution in [1.29, 1.82) is 0 Å². The highest BCUT2D eigenvalue weighted by Gasteiger charge is 2.08. The topological polar surface area (TPSA) is 95.8 Å². The van der Waals surface area contributed by atoms with Crippen LogP contribution in [0.1, 0.15) is 6.42 Å². The first kappa shape index (κ1) is 17.7. The van der Waals surface area contributed by atoms with E-state index >= 15 is 0 Å². The Bertz CT molecular complexity index is 172. The van der Waals surface area contributed by atoms with E-state index in [9.17, 15) is 10.2 Å². The van der Waals surface area contributed by atoms with Gasteiger partial charge >= 0.3 is 0 Å². The number of aliphatic hydroxyl groups excluding tert-OH is 2. The minimum absolute atomic E-state index is 0.0497. The van der Waals surface area contributed by atoms with E-state index in [2.05, 4.69) is 0 Å². The molecule has 0 spiro atoms. The van der Waals surface area contributed by atoms with Crippen LogP contribution in [0.25, 0.3) is 0 Å². The first-order valence-corrected chi connectivity index (χ1v) is 6.61. The van der Waals surface area contributed by atoms with Crippen molar-refractivity contribution in [3.05, 3.63) is 0 Å². The molecule has 0 aromatic carbocycles. The Kier molecular flexibility index (Phi) is 11.0. The van der Waals surface area contributed by atoms with Crippen LogP contribution in [0.3, 0.4) is 0 Å². The summed E-state index contributed by atoms with van der Waals surface area (Å²) in [5.41, 5.74) is 0. The molecule has 0 saturated carbocycles. The van der Waals surface area contributed by atoms with Crippen LogP contribution in [0.15, 0.2) is 0 Å². The van der Waals surface area contributed by atoms with Crippen molar-refractivity contribution < 1.29 is 38.6 Å². The molecule has 8 heteroatoms. The molecule has 20 heavy (non-hydrogen) atoms. The van der Waals surface area contributed by atoms with Gasteiger partial charge < -0.3 is 38.6 Å². The van der Waals surface area contributed by atoms with Crippen LogP contribution in [-0.2, 0) is 28.4 Å². The SMILES string of the molecule is C1COCOC1.OC1COCOCC(O)COCOC1. The van der Waals surface area contributed by atoms with Gasteiger partial charge in [0, 0.05) is 0 Å². The van der Waals surface area contributed by atoms with Crippen molar-refractivity contribution in [1.82, 2.24) is 0 Å². The third kappa shape index (κ3) is 10.5. The number of rotatable bonds is 0. The van der Waals surface area contributed by atoms with Crippen molar-refractivity contribution in [3.8, 4) is 0 Å². The van der Waals surface area contributed by atoms with Gasteiger partial charge in [0.1, 0.15) is 32.6 Å². The van der Waals surface area contributed by atoms with Crippen LogP contribution in [-0.4, -0.2) is 82.4 Å². The van der Waals surface area contributed by atoms with Crippen LogP contribution in [0.2, 0.25) is 0 Å². The zero-order valence-electron chi connectivity index (χ0n) is 11.6. The smallest absolute Gasteiger partial charge is 0.146 e. The summed E-state index contributed by atoms with van der Waals surface area (Å²) in [5.74, 6) is 0. The molecule has 2 aliphatic heterocycles. The van der Waals surface area contributed by atoms with E-state index in [1.165, 1.54) is 0 Å². The van der Waals surface area contributed by atoms with Gasteiger partial charge in [0.25, 0.3) is 0 Å². The first-order valence-electron chi connectivity index (χ1n) is 6.61. The highest BCUT2D eigenvalue weighted by molar-refractivity contribution is 4.52. The highest BCUT2D eigenvalue weighted by atomic mass is 16.7. The number of ether oxygens (including phenoxy) is 6. The molecule has 8 nitrogen and oxygen atoms in total. The van der Waals surface area contributed by atoms with Crippen molar-refractivity contribution in [2.45, 2.75) is 18.6 Å². The Balaban J connectivity index is 0.000000276. The van der Waals surface area contributed by atoms with Gasteiger partial charge in [-0.25, -0.2) is 0 Å². The Labute approximate surface area is 118 Å². The summed E-state index contributed by atoms with van der Waals surface area (Å²) >= 11 is 0. The molecule has 0 bridgehead atoms. The lowest BCUT2D eigenvalue weighted by Crippen LogP contribution is -2.28. The Morgan fingerprint density at radius 2 is 0.900 bits per heavy atom. The summed E-state index contributed by atoms with van der Waals surface area (Å²) in [5, 5.41) is 18.5. The largest absolute Gasteiger partial charge is 0.388 e. The van der Waals surface area contributed by atoms with Crippen molar-refractivity contribution in [3.63, 3.8) is 0 Å². The Morgan fingerprint density at radius 1 is 0.550 bits per heavy atom. The second-order valence-corrected chi connectivity index (χ2v) is 4.31. The lowest BCUT2D eigenvalue weighted by atomic mass is 10.4. The standard InChI is InChI=1S/C8H16O6.C4H8O2/c9-7-1-11-5-13-3-8(10)4-14-6-12-2-7;1-2-5-4-6-3-1/h7-10H,1-6H2;1-4H2. The second kappa shape index (κ2) is 12.4. The molecule has 0 atom stereocenters. The summed E-state index contributed by atoms with van der Waals surface area (Å²) in [6.07, 6.45) is -0.293. The average Bonchev–Trinajstić information content (AvgIpc) is 2.47. The molecule has 0 aromatic rings. The minimum Gasteiger partial charge on any atom is -0.388 e. The molecule has 2 fully saturated rings. The molecule has 2 heterocycles. The zero-order valence-corrected chi connectivity index (χ0v) is 11.6. The molecule has 2 aliphatic rings. The van der Waals surface area contributed by atoms with E-state index < -0.39 is 12.2 Å². The maximum absolute atomic E-state index is 9.23. The van der Waals surface area contributed by atoms with Crippen LogP contribution in [0, 0.1) is 0 Å². The van der Waals surface area contributed by atoms with Gasteiger partial charge in [-0.15, -0.1) is 0 Å². The fraction of sp³-hybridized carbons (Fsp3) is 1.00. The van der Waals surface area contributed by atoms with E-state index in [1.807, 2.05) is 0 Å². The number of hydrogen-bond acceptors (Lipinski definition) is 8. The van der Waals surface area contributed by atoms with Gasteiger partial charge in [-0.1, -0.05) is 0 Å². The molecule has 2 N–H and O–H groups in total. The quantitative estimate of drug-likeness (QED) is 0.593. The molecule has 2 rings (SSSR count). The summed E-state index contributed by atoms with van der Waals surface area (Å²) < 4.78 is 29.5. The molecule has 2 saturated heterocycles. The van der Waals surface area contributed by atoms with Crippen LogP contribution in [0.5, 0.6) is 0 Å². The summed E-state index contributed by atoms with van der Waals surface area (Å²) in [6.45, 7) is 2.95. The fourth-order valence-corrected chi connectivity index (χ4v) is 1.39. The maximum Gasteiger partial charge on any atom is 0.146 e. The monoisotopic (exact) mass is 296 g/mol. The highest BCUT2D eigenvalue weighted by Crippen LogP contribution is 1.94. The fourth-order valence-electron chi connectivity index (χ4n) is 1.39. The van der Waals surface area contributed by atoms with E-state index in [1.54, 1.807) is 0 Å². The molecular formula is C12H24O8. The molecule has 0 aromatic heterocycles. The lowest BCUT2D eigenvalue weighted by Gasteiger charge is -2.16. The van der Waals surface area contributed by atoms with Gasteiger partial charge in [0.2, 0.25) is 0 Å². The third-order valence-corrected chi connectivity index (χ3v) is 2.32. The van der Waals surface area contributed by atoms with Crippen molar-refractivity contribution in [2.75, 3.05) is 60.0 Å². The number of aliphatic hydroxyl groups is 2. The first-order chi connectivity index (χ1) is 9.79. The third-order valence-electron chi connectivity index (χ3n) is 2.32. The predicted octanol–water partition coefficient (Wildman–Crippen LogP) is -0.916. The average molecular weight is 296 g/mol. The summed E-state index contributed by atoms with van der Waals surface area (Å²) in [6, 6.07) is 0. The van der Waals surface area contributed by atoms with E-state index in [4.69, 9.17) is 28.4 Å².